The highest BCUT2D eigenvalue weighted by Gasteiger charge is 2.40. The maximum Gasteiger partial charge on any atom is 0.232 e. The topological polar surface area (TPSA) is 37.4 Å². The zero-order valence-corrected chi connectivity index (χ0v) is 15.6. The van der Waals surface area contributed by atoms with E-state index in [1.165, 1.54) is 0 Å². The average molecular weight is 386 g/mol. The Morgan fingerprint density at radius 2 is 1.77 bits per heavy atom. The molecule has 26 heavy (non-hydrogen) atoms. The van der Waals surface area contributed by atoms with Gasteiger partial charge in [0.05, 0.1) is 5.69 Å². The van der Waals surface area contributed by atoms with Gasteiger partial charge in [0, 0.05) is 40.1 Å². The number of rotatable bonds is 2. The Bertz CT molecular complexity index is 935. The van der Waals surface area contributed by atoms with E-state index < -0.39 is 0 Å². The molecule has 2 aromatic carbocycles. The highest BCUT2D eigenvalue weighted by Crippen LogP contribution is 2.45. The molecule has 0 spiro atoms. The summed E-state index contributed by atoms with van der Waals surface area (Å²) in [6, 6.07) is 14.7. The zero-order valence-electron chi connectivity index (χ0n) is 14.0. The van der Waals surface area contributed by atoms with E-state index in [0.29, 0.717) is 28.6 Å². The van der Waals surface area contributed by atoms with E-state index in [1.807, 2.05) is 30.3 Å². The molecule has 3 nitrogen and oxygen atoms in total. The van der Waals surface area contributed by atoms with Gasteiger partial charge in [0.25, 0.3) is 0 Å². The lowest BCUT2D eigenvalue weighted by atomic mass is 9.77. The highest BCUT2D eigenvalue weighted by atomic mass is 35.5. The fourth-order valence-corrected chi connectivity index (χ4v) is 4.38. The number of allylic oxidation sites excluding steroid dienone is 2. The predicted octanol–water partition coefficient (Wildman–Crippen LogP) is 5.52. The van der Waals surface area contributed by atoms with Crippen LogP contribution in [0.3, 0.4) is 0 Å². The molecule has 5 heteroatoms. The third-order valence-corrected chi connectivity index (χ3v) is 5.60. The Balaban J connectivity index is 1.89. The summed E-state index contributed by atoms with van der Waals surface area (Å²) in [6.07, 6.45) is 2.18. The van der Waals surface area contributed by atoms with Gasteiger partial charge in [-0.1, -0.05) is 47.5 Å². The van der Waals surface area contributed by atoms with Crippen LogP contribution in [0.15, 0.2) is 59.8 Å². The summed E-state index contributed by atoms with van der Waals surface area (Å²) in [6.45, 7) is 0. The third-order valence-electron chi connectivity index (χ3n) is 5.02. The number of nitrogens with zero attached hydrogens (tertiary/aromatic N) is 1. The fourth-order valence-electron chi connectivity index (χ4n) is 3.93. The molecule has 0 saturated heterocycles. The second-order valence-corrected chi connectivity index (χ2v) is 7.47. The van der Waals surface area contributed by atoms with Crippen LogP contribution in [0, 0.1) is 0 Å². The van der Waals surface area contributed by atoms with Crippen LogP contribution in [0.5, 0.6) is 0 Å². The molecule has 2 aromatic rings. The lowest BCUT2D eigenvalue weighted by Crippen LogP contribution is -2.40. The monoisotopic (exact) mass is 385 g/mol. The molecular formula is C21H17Cl2NO2. The SMILES string of the molecule is O=C1CCCC2=C1C(c1ccccc1Cl)CC(=O)N2c1cccc(Cl)c1. The van der Waals surface area contributed by atoms with Crippen molar-refractivity contribution in [3.8, 4) is 0 Å². The number of anilines is 1. The van der Waals surface area contributed by atoms with Crippen LogP contribution in [0.25, 0.3) is 0 Å². The first-order chi connectivity index (χ1) is 12.6. The quantitative estimate of drug-likeness (QED) is 0.682. The molecule has 1 unspecified atom stereocenters. The second-order valence-electron chi connectivity index (χ2n) is 6.62. The smallest absolute Gasteiger partial charge is 0.232 e. The first kappa shape index (κ1) is 17.3. The summed E-state index contributed by atoms with van der Waals surface area (Å²) >= 11 is 12.5. The molecule has 4 rings (SSSR count). The van der Waals surface area contributed by atoms with Gasteiger partial charge in [-0.3, -0.25) is 14.5 Å². The Morgan fingerprint density at radius 3 is 2.54 bits per heavy atom. The van der Waals surface area contributed by atoms with E-state index in [9.17, 15) is 9.59 Å². The van der Waals surface area contributed by atoms with Crippen molar-refractivity contribution in [2.24, 2.45) is 0 Å². The van der Waals surface area contributed by atoms with E-state index >= 15 is 0 Å². The van der Waals surface area contributed by atoms with Crippen molar-refractivity contribution in [2.75, 3.05) is 4.90 Å². The molecule has 0 fully saturated rings. The van der Waals surface area contributed by atoms with Gasteiger partial charge in [-0.2, -0.15) is 0 Å². The predicted molar refractivity (Wildman–Crippen MR) is 104 cm³/mol. The van der Waals surface area contributed by atoms with Crippen LogP contribution in [0.1, 0.15) is 37.2 Å². The maximum atomic E-state index is 13.1. The van der Waals surface area contributed by atoms with Gasteiger partial charge < -0.3 is 0 Å². The Kier molecular flexibility index (Phi) is 4.60. The van der Waals surface area contributed by atoms with Gasteiger partial charge in [0.2, 0.25) is 5.91 Å². The third kappa shape index (κ3) is 2.95. The Labute approximate surface area is 162 Å². The van der Waals surface area contributed by atoms with Crippen LogP contribution in [-0.4, -0.2) is 11.7 Å². The number of hydrogen-bond acceptors (Lipinski definition) is 2. The first-order valence-corrected chi connectivity index (χ1v) is 9.41. The van der Waals surface area contributed by atoms with Crippen LogP contribution < -0.4 is 4.90 Å². The molecule has 0 saturated carbocycles. The molecule has 1 atom stereocenters. The molecule has 1 aliphatic heterocycles. The molecule has 2 aliphatic rings. The average Bonchev–Trinajstić information content (AvgIpc) is 2.61. The van der Waals surface area contributed by atoms with Gasteiger partial charge >= 0.3 is 0 Å². The Hall–Kier alpha value is -2.10. The number of amides is 1. The van der Waals surface area contributed by atoms with Gasteiger partial charge in [0.15, 0.2) is 5.78 Å². The minimum atomic E-state index is -0.283. The minimum absolute atomic E-state index is 0.0364. The highest BCUT2D eigenvalue weighted by molar-refractivity contribution is 6.31. The molecule has 1 amide bonds. The summed E-state index contributed by atoms with van der Waals surface area (Å²) in [7, 11) is 0. The van der Waals surface area contributed by atoms with Crippen LogP contribution >= 0.6 is 23.2 Å². The van der Waals surface area contributed by atoms with Crippen LogP contribution in [-0.2, 0) is 9.59 Å². The van der Waals surface area contributed by atoms with E-state index in [2.05, 4.69) is 0 Å². The number of halogens is 2. The molecule has 0 radical (unpaired) electrons. The minimum Gasteiger partial charge on any atom is -0.294 e. The second kappa shape index (κ2) is 6.90. The first-order valence-electron chi connectivity index (χ1n) is 8.65. The largest absolute Gasteiger partial charge is 0.294 e. The molecule has 132 valence electrons. The lowest BCUT2D eigenvalue weighted by molar-refractivity contribution is -0.119. The van der Waals surface area contributed by atoms with Gasteiger partial charge in [-0.25, -0.2) is 0 Å². The van der Waals surface area contributed by atoms with Crippen molar-refractivity contribution in [1.29, 1.82) is 0 Å². The molecule has 1 aliphatic carbocycles. The number of ketones is 1. The number of carbonyl (C=O) groups excluding carboxylic acids is 2. The van der Waals surface area contributed by atoms with Crippen LogP contribution in [0.4, 0.5) is 5.69 Å². The molecule has 1 heterocycles. The van der Waals surface area contributed by atoms with Crippen molar-refractivity contribution >= 4 is 40.6 Å². The Morgan fingerprint density at radius 1 is 0.962 bits per heavy atom. The van der Waals surface area contributed by atoms with Crippen molar-refractivity contribution in [3.63, 3.8) is 0 Å². The lowest BCUT2D eigenvalue weighted by Gasteiger charge is -2.38. The van der Waals surface area contributed by atoms with E-state index in [1.54, 1.807) is 23.1 Å². The van der Waals surface area contributed by atoms with Gasteiger partial charge in [0.1, 0.15) is 0 Å². The molecule has 0 N–H and O–H groups in total. The number of carbonyl (C=O) groups is 2. The normalized spacial score (nSPS) is 20.4. The van der Waals surface area contributed by atoms with Gasteiger partial charge in [-0.15, -0.1) is 0 Å². The number of hydrogen-bond donors (Lipinski definition) is 0. The summed E-state index contributed by atoms with van der Waals surface area (Å²) in [5, 5.41) is 1.15. The van der Waals surface area contributed by atoms with E-state index in [0.717, 1.165) is 23.3 Å². The van der Waals surface area contributed by atoms with Crippen LogP contribution in [0.2, 0.25) is 10.0 Å². The van der Waals surface area contributed by atoms with Crippen molar-refractivity contribution in [3.05, 3.63) is 75.4 Å². The summed E-state index contributed by atoms with van der Waals surface area (Å²) in [5.41, 5.74) is 3.08. The number of benzene rings is 2. The van der Waals surface area contributed by atoms with Crippen molar-refractivity contribution < 1.29 is 9.59 Å². The molecule has 0 bridgehead atoms. The van der Waals surface area contributed by atoms with Gasteiger partial charge in [-0.05, 0) is 42.7 Å². The van der Waals surface area contributed by atoms with E-state index in [4.69, 9.17) is 23.2 Å². The standard InChI is InChI=1S/C21H17Cl2NO2/c22-13-5-3-6-14(11-13)24-18-9-4-10-19(25)21(18)16(12-20(24)26)15-7-1-2-8-17(15)23/h1-3,5-8,11,16H,4,9-10,12H2. The summed E-state index contributed by atoms with van der Waals surface area (Å²) in [4.78, 5) is 27.5. The number of Topliss-reactive ketones (excluding diaryl/α,β-unsaturated/α-hetero) is 1. The summed E-state index contributed by atoms with van der Waals surface area (Å²) < 4.78 is 0. The zero-order chi connectivity index (χ0) is 18.3. The van der Waals surface area contributed by atoms with E-state index in [-0.39, 0.29) is 24.0 Å². The maximum absolute atomic E-state index is 13.1. The molecular weight excluding hydrogens is 369 g/mol. The fraction of sp³-hybridized carbons (Fsp3) is 0.238. The van der Waals surface area contributed by atoms with Crippen molar-refractivity contribution in [2.45, 2.75) is 31.6 Å². The molecule has 0 aromatic heterocycles. The van der Waals surface area contributed by atoms with Crippen molar-refractivity contribution in [1.82, 2.24) is 0 Å². The summed E-state index contributed by atoms with van der Waals surface area (Å²) in [5.74, 6) is -0.212.